The Morgan fingerprint density at radius 2 is 2.33 bits per heavy atom. The normalized spacial score (nSPS) is 21.9. The number of nitrogens with zero attached hydrogens (tertiary/aromatic N) is 2. The van der Waals surface area contributed by atoms with Crippen molar-refractivity contribution < 1.29 is 9.59 Å². The molecule has 0 aliphatic carbocycles. The van der Waals surface area contributed by atoms with Gasteiger partial charge in [0.15, 0.2) is 0 Å². The fourth-order valence-corrected chi connectivity index (χ4v) is 1.10. The van der Waals surface area contributed by atoms with Crippen LogP contribution >= 0.6 is 0 Å². The molecule has 0 saturated carbocycles. The van der Waals surface area contributed by atoms with Crippen molar-refractivity contribution in [3.63, 3.8) is 0 Å². The van der Waals surface area contributed by atoms with Gasteiger partial charge in [-0.3, -0.25) is 9.59 Å². The van der Waals surface area contributed by atoms with Gasteiger partial charge in [-0.05, 0) is 6.92 Å². The molecule has 2 rings (SSSR count). The molecule has 0 radical (unpaired) electrons. The summed E-state index contributed by atoms with van der Waals surface area (Å²) in [6.07, 6.45) is 1.48. The number of nitrogens with one attached hydrogen (secondary N) is 1. The second kappa shape index (κ2) is 2.17. The van der Waals surface area contributed by atoms with Gasteiger partial charge in [-0.2, -0.15) is 9.78 Å². The van der Waals surface area contributed by atoms with Crippen molar-refractivity contribution in [1.82, 2.24) is 9.78 Å². The van der Waals surface area contributed by atoms with Gasteiger partial charge in [-0.25, -0.2) is 0 Å². The summed E-state index contributed by atoms with van der Waals surface area (Å²) in [5.41, 5.74) is 0. The SMILES string of the molecule is CC1C(=O)Nc2ccnn2C1=O. The fraction of sp³-hybridized carbons (Fsp3) is 0.286. The lowest BCUT2D eigenvalue weighted by Gasteiger charge is -2.17. The minimum absolute atomic E-state index is 0.270. The van der Waals surface area contributed by atoms with Crippen molar-refractivity contribution in [3.05, 3.63) is 12.3 Å². The standard InChI is InChI=1S/C7H7N3O2/c1-4-6(11)9-5-2-3-8-10(5)7(4)12/h2-4H,1H3,(H,9,11). The lowest BCUT2D eigenvalue weighted by molar-refractivity contribution is -0.118. The number of amides is 1. The maximum Gasteiger partial charge on any atom is 0.261 e. The number of aromatic nitrogens is 2. The maximum atomic E-state index is 11.3. The molecule has 0 aromatic carbocycles. The first-order valence-corrected chi connectivity index (χ1v) is 3.59. The number of carbonyl (C=O) groups is 2. The van der Waals surface area contributed by atoms with Crippen LogP contribution in [0.3, 0.4) is 0 Å². The number of carbonyl (C=O) groups excluding carboxylic acids is 2. The third-order valence-corrected chi connectivity index (χ3v) is 1.87. The van der Waals surface area contributed by atoms with Gasteiger partial charge in [0.2, 0.25) is 5.91 Å². The van der Waals surface area contributed by atoms with Gasteiger partial charge in [0, 0.05) is 6.07 Å². The van der Waals surface area contributed by atoms with E-state index in [2.05, 4.69) is 10.4 Å². The topological polar surface area (TPSA) is 64.0 Å². The zero-order valence-electron chi connectivity index (χ0n) is 6.44. The van der Waals surface area contributed by atoms with Gasteiger partial charge in [0.25, 0.3) is 5.91 Å². The highest BCUT2D eigenvalue weighted by molar-refractivity contribution is 6.10. The number of fused-ring (bicyclic) bond motifs is 1. The largest absolute Gasteiger partial charge is 0.310 e. The summed E-state index contributed by atoms with van der Waals surface area (Å²) in [6, 6.07) is 1.58. The molecule has 1 amide bonds. The fourth-order valence-electron chi connectivity index (χ4n) is 1.10. The smallest absolute Gasteiger partial charge is 0.261 e. The Hall–Kier alpha value is -1.65. The van der Waals surface area contributed by atoms with E-state index in [1.807, 2.05) is 0 Å². The van der Waals surface area contributed by atoms with Crippen LogP contribution in [0.1, 0.15) is 11.7 Å². The molecule has 2 heterocycles. The molecule has 1 aromatic rings. The van der Waals surface area contributed by atoms with Gasteiger partial charge in [-0.1, -0.05) is 0 Å². The third kappa shape index (κ3) is 0.761. The quantitative estimate of drug-likeness (QED) is 0.555. The van der Waals surface area contributed by atoms with E-state index in [-0.39, 0.29) is 11.8 Å². The van der Waals surface area contributed by atoms with Gasteiger partial charge < -0.3 is 5.32 Å². The predicted octanol–water partition coefficient (Wildman–Crippen LogP) is 0.111. The van der Waals surface area contributed by atoms with E-state index < -0.39 is 5.92 Å². The first-order chi connectivity index (χ1) is 5.70. The molecule has 0 spiro atoms. The molecule has 0 saturated heterocycles. The Kier molecular flexibility index (Phi) is 1.27. The Morgan fingerprint density at radius 1 is 1.58 bits per heavy atom. The average molecular weight is 165 g/mol. The van der Waals surface area contributed by atoms with Crippen LogP contribution in [0.2, 0.25) is 0 Å². The number of hydrogen-bond acceptors (Lipinski definition) is 3. The third-order valence-electron chi connectivity index (χ3n) is 1.87. The van der Waals surface area contributed by atoms with Crippen LogP contribution in [0.25, 0.3) is 0 Å². The summed E-state index contributed by atoms with van der Waals surface area (Å²) in [6.45, 7) is 1.56. The summed E-state index contributed by atoms with van der Waals surface area (Å²) < 4.78 is 1.20. The molecule has 0 fully saturated rings. The van der Waals surface area contributed by atoms with Crippen LogP contribution in [0.15, 0.2) is 12.3 Å². The number of hydrogen-bond donors (Lipinski definition) is 1. The van der Waals surface area contributed by atoms with Crippen molar-refractivity contribution in [2.24, 2.45) is 5.92 Å². The molecule has 1 unspecified atom stereocenters. The van der Waals surface area contributed by atoms with Crippen LogP contribution in [-0.2, 0) is 4.79 Å². The first-order valence-electron chi connectivity index (χ1n) is 3.59. The second-order valence-corrected chi connectivity index (χ2v) is 2.68. The van der Waals surface area contributed by atoms with Crippen molar-refractivity contribution in [2.75, 3.05) is 5.32 Å². The van der Waals surface area contributed by atoms with Gasteiger partial charge in [-0.15, -0.1) is 0 Å². The zero-order valence-corrected chi connectivity index (χ0v) is 6.44. The lowest BCUT2D eigenvalue weighted by atomic mass is 10.1. The molecule has 1 aliphatic rings. The van der Waals surface area contributed by atoms with Crippen LogP contribution in [0.5, 0.6) is 0 Å². The molecule has 12 heavy (non-hydrogen) atoms. The molecule has 1 N–H and O–H groups in total. The van der Waals surface area contributed by atoms with E-state index in [0.717, 1.165) is 0 Å². The number of anilines is 1. The Balaban J connectivity index is 2.53. The zero-order chi connectivity index (χ0) is 8.72. The molecule has 5 nitrogen and oxygen atoms in total. The molecule has 62 valence electrons. The van der Waals surface area contributed by atoms with E-state index in [1.165, 1.54) is 10.9 Å². The molecule has 1 atom stereocenters. The summed E-state index contributed by atoms with van der Waals surface area (Å²) in [5.74, 6) is -0.743. The van der Waals surface area contributed by atoms with Crippen molar-refractivity contribution in [3.8, 4) is 0 Å². The first kappa shape index (κ1) is 7.02. The minimum atomic E-state index is -0.641. The van der Waals surface area contributed by atoms with Gasteiger partial charge >= 0.3 is 0 Å². The van der Waals surface area contributed by atoms with Gasteiger partial charge in [0.05, 0.1) is 6.20 Å². The lowest BCUT2D eigenvalue weighted by Crippen LogP contribution is -2.37. The van der Waals surface area contributed by atoms with Crippen molar-refractivity contribution in [2.45, 2.75) is 6.92 Å². The molecule has 1 aromatic heterocycles. The van der Waals surface area contributed by atoms with Crippen molar-refractivity contribution in [1.29, 1.82) is 0 Å². The monoisotopic (exact) mass is 165 g/mol. The summed E-state index contributed by atoms with van der Waals surface area (Å²) in [7, 11) is 0. The molecular weight excluding hydrogens is 158 g/mol. The average Bonchev–Trinajstić information content (AvgIpc) is 2.48. The van der Waals surface area contributed by atoms with E-state index in [0.29, 0.717) is 5.82 Å². The summed E-state index contributed by atoms with van der Waals surface area (Å²) in [4.78, 5) is 22.4. The van der Waals surface area contributed by atoms with Crippen molar-refractivity contribution >= 4 is 17.6 Å². The van der Waals surface area contributed by atoms with E-state index in [9.17, 15) is 9.59 Å². The highest BCUT2D eigenvalue weighted by Gasteiger charge is 2.30. The van der Waals surface area contributed by atoms with E-state index in [1.54, 1.807) is 13.0 Å². The molecule has 1 aliphatic heterocycles. The van der Waals surface area contributed by atoms with E-state index in [4.69, 9.17) is 0 Å². The van der Waals surface area contributed by atoms with Crippen LogP contribution in [-0.4, -0.2) is 21.6 Å². The Labute approximate surface area is 68.4 Å². The van der Waals surface area contributed by atoms with Crippen LogP contribution in [0.4, 0.5) is 5.82 Å². The predicted molar refractivity (Wildman–Crippen MR) is 40.6 cm³/mol. The van der Waals surface area contributed by atoms with Crippen LogP contribution < -0.4 is 5.32 Å². The highest BCUT2D eigenvalue weighted by atomic mass is 16.2. The van der Waals surface area contributed by atoms with E-state index >= 15 is 0 Å². The van der Waals surface area contributed by atoms with Crippen LogP contribution in [0, 0.1) is 5.92 Å². The Morgan fingerprint density at radius 3 is 3.08 bits per heavy atom. The highest BCUT2D eigenvalue weighted by Crippen LogP contribution is 2.16. The maximum absolute atomic E-state index is 11.3. The summed E-state index contributed by atoms with van der Waals surface area (Å²) >= 11 is 0. The number of rotatable bonds is 0. The van der Waals surface area contributed by atoms with Gasteiger partial charge in [0.1, 0.15) is 11.7 Å². The second-order valence-electron chi connectivity index (χ2n) is 2.68. The molecule has 5 heteroatoms. The summed E-state index contributed by atoms with van der Waals surface area (Å²) in [5, 5.41) is 6.34. The minimum Gasteiger partial charge on any atom is -0.310 e. The molecule has 0 bridgehead atoms. The molecular formula is C7H7N3O2. The Bertz CT molecular complexity index is 355.